The molecular weight excluding hydrogens is 288 g/mol. The Morgan fingerprint density at radius 1 is 1.19 bits per heavy atom. The standard InChI is InChI=1S/C15H11ClN4O/c16-11-7-9(8-19-14(11)17)15(21)20-13-5-1-4-12-10(13)3-2-6-18-12/h1-8H,(H2,17,19)(H,20,21). The molecule has 21 heavy (non-hydrogen) atoms. The summed E-state index contributed by atoms with van der Waals surface area (Å²) in [6.45, 7) is 0. The largest absolute Gasteiger partial charge is 0.382 e. The summed E-state index contributed by atoms with van der Waals surface area (Å²) in [4.78, 5) is 20.4. The highest BCUT2D eigenvalue weighted by atomic mass is 35.5. The molecule has 0 radical (unpaired) electrons. The highest BCUT2D eigenvalue weighted by Crippen LogP contribution is 2.23. The van der Waals surface area contributed by atoms with Gasteiger partial charge in [-0.1, -0.05) is 17.7 Å². The third-order valence-corrected chi connectivity index (χ3v) is 3.33. The van der Waals surface area contributed by atoms with Crippen molar-refractivity contribution in [3.05, 3.63) is 59.4 Å². The molecule has 0 saturated heterocycles. The zero-order chi connectivity index (χ0) is 14.8. The highest BCUT2D eigenvalue weighted by Gasteiger charge is 2.10. The zero-order valence-corrected chi connectivity index (χ0v) is 11.6. The number of halogens is 1. The second-order valence-corrected chi connectivity index (χ2v) is 4.83. The number of nitrogens with one attached hydrogen (secondary N) is 1. The smallest absolute Gasteiger partial charge is 0.257 e. The number of pyridine rings is 2. The number of carbonyl (C=O) groups is 1. The number of benzene rings is 1. The van der Waals surface area contributed by atoms with Gasteiger partial charge in [0.15, 0.2) is 0 Å². The van der Waals surface area contributed by atoms with Crippen LogP contribution in [0.15, 0.2) is 48.8 Å². The van der Waals surface area contributed by atoms with E-state index >= 15 is 0 Å². The number of aromatic nitrogens is 2. The zero-order valence-electron chi connectivity index (χ0n) is 10.9. The van der Waals surface area contributed by atoms with Crippen LogP contribution in [0, 0.1) is 0 Å². The minimum atomic E-state index is -0.305. The Morgan fingerprint density at radius 2 is 2.05 bits per heavy atom. The molecule has 104 valence electrons. The maximum Gasteiger partial charge on any atom is 0.257 e. The van der Waals surface area contributed by atoms with Crippen LogP contribution in [0.5, 0.6) is 0 Å². The first-order valence-corrected chi connectivity index (χ1v) is 6.59. The van der Waals surface area contributed by atoms with Gasteiger partial charge < -0.3 is 11.1 Å². The molecule has 0 aliphatic rings. The maximum absolute atomic E-state index is 12.3. The molecule has 0 spiro atoms. The molecule has 1 aromatic carbocycles. The van der Waals surface area contributed by atoms with E-state index in [0.717, 1.165) is 10.9 Å². The van der Waals surface area contributed by atoms with Crippen molar-refractivity contribution in [2.45, 2.75) is 0 Å². The lowest BCUT2D eigenvalue weighted by molar-refractivity contribution is 0.102. The molecule has 3 rings (SSSR count). The third kappa shape index (κ3) is 2.64. The molecular formula is C15H11ClN4O. The minimum absolute atomic E-state index is 0.197. The molecule has 0 saturated carbocycles. The highest BCUT2D eigenvalue weighted by molar-refractivity contribution is 6.33. The Labute approximate surface area is 125 Å². The van der Waals surface area contributed by atoms with E-state index in [4.69, 9.17) is 17.3 Å². The summed E-state index contributed by atoms with van der Waals surface area (Å²) in [5, 5.41) is 3.95. The van der Waals surface area contributed by atoms with Gasteiger partial charge in [0.2, 0.25) is 0 Å². The van der Waals surface area contributed by atoms with Crippen LogP contribution in [0.2, 0.25) is 5.02 Å². The fraction of sp³-hybridized carbons (Fsp3) is 0. The molecule has 0 atom stereocenters. The molecule has 0 fully saturated rings. The third-order valence-electron chi connectivity index (χ3n) is 3.03. The molecule has 0 unspecified atom stereocenters. The van der Waals surface area contributed by atoms with Crippen molar-refractivity contribution in [3.8, 4) is 0 Å². The van der Waals surface area contributed by atoms with Crippen LogP contribution in [-0.4, -0.2) is 15.9 Å². The number of fused-ring (bicyclic) bond motifs is 1. The van der Waals surface area contributed by atoms with E-state index in [1.165, 1.54) is 12.3 Å². The van der Waals surface area contributed by atoms with Crippen LogP contribution in [-0.2, 0) is 0 Å². The van der Waals surface area contributed by atoms with Crippen molar-refractivity contribution >= 4 is 39.9 Å². The second-order valence-electron chi connectivity index (χ2n) is 4.42. The Kier molecular flexibility index (Phi) is 3.41. The summed E-state index contributed by atoms with van der Waals surface area (Å²) in [5.74, 6) is -0.108. The van der Waals surface area contributed by atoms with E-state index in [1.807, 2.05) is 30.3 Å². The Hall–Kier alpha value is -2.66. The molecule has 0 bridgehead atoms. The minimum Gasteiger partial charge on any atom is -0.382 e. The molecule has 2 heterocycles. The van der Waals surface area contributed by atoms with Gasteiger partial charge in [0.05, 0.1) is 21.8 Å². The number of nitrogen functional groups attached to an aromatic ring is 1. The van der Waals surface area contributed by atoms with Gasteiger partial charge in [-0.3, -0.25) is 9.78 Å². The van der Waals surface area contributed by atoms with Crippen molar-refractivity contribution in [1.29, 1.82) is 0 Å². The summed E-state index contributed by atoms with van der Waals surface area (Å²) in [5.41, 5.74) is 7.36. The van der Waals surface area contributed by atoms with Crippen LogP contribution in [0.3, 0.4) is 0 Å². The Balaban J connectivity index is 1.94. The molecule has 1 amide bonds. The van der Waals surface area contributed by atoms with Gasteiger partial charge in [0.1, 0.15) is 5.82 Å². The molecule has 5 nitrogen and oxygen atoms in total. The number of hydrogen-bond donors (Lipinski definition) is 2. The second kappa shape index (κ2) is 5.38. The number of hydrogen-bond acceptors (Lipinski definition) is 4. The first-order valence-electron chi connectivity index (χ1n) is 6.21. The van der Waals surface area contributed by atoms with Gasteiger partial charge in [0.25, 0.3) is 5.91 Å². The van der Waals surface area contributed by atoms with Crippen molar-refractivity contribution < 1.29 is 4.79 Å². The van der Waals surface area contributed by atoms with Gasteiger partial charge >= 0.3 is 0 Å². The Bertz CT molecular complexity index is 830. The van der Waals surface area contributed by atoms with E-state index in [0.29, 0.717) is 11.3 Å². The maximum atomic E-state index is 12.3. The summed E-state index contributed by atoms with van der Waals surface area (Å²) in [6, 6.07) is 10.7. The van der Waals surface area contributed by atoms with Crippen LogP contribution in [0.1, 0.15) is 10.4 Å². The first kappa shape index (κ1) is 13.3. The number of carbonyl (C=O) groups excluding carboxylic acids is 1. The summed E-state index contributed by atoms with van der Waals surface area (Å²) in [6.07, 6.45) is 3.09. The van der Waals surface area contributed by atoms with Crippen molar-refractivity contribution in [3.63, 3.8) is 0 Å². The first-order chi connectivity index (χ1) is 10.1. The van der Waals surface area contributed by atoms with E-state index < -0.39 is 0 Å². The molecule has 0 aliphatic carbocycles. The lowest BCUT2D eigenvalue weighted by Crippen LogP contribution is -2.13. The van der Waals surface area contributed by atoms with Crippen LogP contribution >= 0.6 is 11.6 Å². The molecule has 0 aliphatic heterocycles. The van der Waals surface area contributed by atoms with Gasteiger partial charge in [-0.25, -0.2) is 4.98 Å². The lowest BCUT2D eigenvalue weighted by Gasteiger charge is -2.08. The predicted octanol–water partition coefficient (Wildman–Crippen LogP) is 3.12. The quantitative estimate of drug-likeness (QED) is 0.761. The predicted molar refractivity (Wildman–Crippen MR) is 83.4 cm³/mol. The number of nitrogens with two attached hydrogens (primary N) is 1. The SMILES string of the molecule is Nc1ncc(C(=O)Nc2cccc3ncccc23)cc1Cl. The van der Waals surface area contributed by atoms with E-state index in [1.54, 1.807) is 6.20 Å². The number of rotatable bonds is 2. The molecule has 2 aromatic heterocycles. The molecule has 3 N–H and O–H groups in total. The fourth-order valence-electron chi connectivity index (χ4n) is 1.98. The lowest BCUT2D eigenvalue weighted by atomic mass is 10.1. The summed E-state index contributed by atoms with van der Waals surface area (Å²) >= 11 is 5.88. The van der Waals surface area contributed by atoms with Crippen LogP contribution < -0.4 is 11.1 Å². The molecule has 3 aromatic rings. The van der Waals surface area contributed by atoms with Crippen molar-refractivity contribution in [2.24, 2.45) is 0 Å². The van der Waals surface area contributed by atoms with E-state index in [2.05, 4.69) is 15.3 Å². The summed E-state index contributed by atoms with van der Waals surface area (Å²) < 4.78 is 0. The fourth-order valence-corrected chi connectivity index (χ4v) is 2.15. The Morgan fingerprint density at radius 3 is 2.86 bits per heavy atom. The van der Waals surface area contributed by atoms with Crippen molar-refractivity contribution in [1.82, 2.24) is 9.97 Å². The monoisotopic (exact) mass is 298 g/mol. The normalized spacial score (nSPS) is 10.5. The van der Waals surface area contributed by atoms with Crippen LogP contribution in [0.25, 0.3) is 10.9 Å². The van der Waals surface area contributed by atoms with Gasteiger partial charge in [-0.15, -0.1) is 0 Å². The van der Waals surface area contributed by atoms with Gasteiger partial charge in [-0.05, 0) is 30.3 Å². The number of amides is 1. The van der Waals surface area contributed by atoms with Gasteiger partial charge in [-0.2, -0.15) is 0 Å². The summed E-state index contributed by atoms with van der Waals surface area (Å²) in [7, 11) is 0. The average molecular weight is 299 g/mol. The number of nitrogens with zero attached hydrogens (tertiary/aromatic N) is 2. The topological polar surface area (TPSA) is 80.9 Å². The molecule has 6 heteroatoms. The number of anilines is 2. The van der Waals surface area contributed by atoms with Gasteiger partial charge in [0, 0.05) is 17.8 Å². The van der Waals surface area contributed by atoms with E-state index in [9.17, 15) is 4.79 Å². The van der Waals surface area contributed by atoms with E-state index in [-0.39, 0.29) is 16.7 Å². The van der Waals surface area contributed by atoms with Crippen LogP contribution in [0.4, 0.5) is 11.5 Å². The van der Waals surface area contributed by atoms with Crippen molar-refractivity contribution in [2.75, 3.05) is 11.1 Å². The average Bonchev–Trinajstić information content (AvgIpc) is 2.50.